The van der Waals surface area contributed by atoms with Crippen molar-refractivity contribution in [2.24, 2.45) is 46.3 Å². The number of esters is 1. The molecule has 8 atom stereocenters. The minimum atomic E-state index is -0.327. The molecule has 1 heterocycles. The van der Waals surface area contributed by atoms with Crippen molar-refractivity contribution >= 4 is 16.9 Å². The summed E-state index contributed by atoms with van der Waals surface area (Å²) in [5, 5.41) is 0.970. The molecule has 3 saturated carbocycles. The van der Waals surface area contributed by atoms with Gasteiger partial charge in [-0.05, 0) is 128 Å². The third-order valence-electron chi connectivity index (χ3n) is 13.9. The smallest absolute Gasteiger partial charge is 0.344 e. The highest BCUT2D eigenvalue weighted by Gasteiger charge is 2.59. The Morgan fingerprint density at radius 2 is 1.83 bits per heavy atom. The molecule has 5 aliphatic rings. The summed E-state index contributed by atoms with van der Waals surface area (Å²) in [5.41, 5.74) is 4.46. The van der Waals surface area contributed by atoms with Crippen LogP contribution in [0.1, 0.15) is 123 Å². The van der Waals surface area contributed by atoms with E-state index in [1.807, 2.05) is 12.1 Å². The van der Waals surface area contributed by atoms with Crippen molar-refractivity contribution < 1.29 is 18.7 Å². The van der Waals surface area contributed by atoms with Gasteiger partial charge in [0.05, 0.1) is 0 Å². The molecule has 0 radical (unpaired) electrons. The van der Waals surface area contributed by atoms with Crippen LogP contribution in [0.25, 0.3) is 11.0 Å². The number of hydrogen-bond donors (Lipinski definition) is 0. The van der Waals surface area contributed by atoms with E-state index >= 15 is 0 Å². The van der Waals surface area contributed by atoms with Gasteiger partial charge in [-0.3, -0.25) is 0 Å². The second kappa shape index (κ2) is 12.5. The summed E-state index contributed by atoms with van der Waals surface area (Å²) in [6, 6.07) is 5.54. The molecule has 0 amide bonds. The summed E-state index contributed by atoms with van der Waals surface area (Å²) in [7, 11) is 0. The van der Waals surface area contributed by atoms with Gasteiger partial charge in [0.2, 0.25) is 0 Å². The van der Waals surface area contributed by atoms with Crippen LogP contribution in [0, 0.1) is 46.3 Å². The summed E-state index contributed by atoms with van der Waals surface area (Å²) in [6.45, 7) is 12.3. The second-order valence-electron chi connectivity index (χ2n) is 16.8. The largest absolute Gasteiger partial charge is 0.482 e. The molecule has 3 fully saturated rings. The summed E-state index contributed by atoms with van der Waals surface area (Å²) in [5.74, 6) is 5.15. The molecule has 7 rings (SSSR count). The Labute approximate surface area is 275 Å². The lowest BCUT2D eigenvalue weighted by atomic mass is 9.47. The van der Waals surface area contributed by atoms with E-state index in [1.54, 1.807) is 6.07 Å². The molecule has 5 aliphatic carbocycles. The predicted octanol–water partition coefficient (Wildman–Crippen LogP) is 9.61. The van der Waals surface area contributed by atoms with Gasteiger partial charge in [0.1, 0.15) is 17.4 Å². The molecule has 2 aromatic rings. The molecule has 1 aromatic heterocycles. The van der Waals surface area contributed by atoms with Crippen molar-refractivity contribution in [3.63, 3.8) is 0 Å². The summed E-state index contributed by atoms with van der Waals surface area (Å²) < 4.78 is 17.4. The van der Waals surface area contributed by atoms with E-state index in [4.69, 9.17) is 13.9 Å². The van der Waals surface area contributed by atoms with E-state index in [1.165, 1.54) is 56.9 Å². The number of carbonyl (C=O) groups is 1. The van der Waals surface area contributed by atoms with Gasteiger partial charge >= 0.3 is 11.6 Å². The summed E-state index contributed by atoms with van der Waals surface area (Å²) in [4.78, 5) is 25.3. The van der Waals surface area contributed by atoms with E-state index in [2.05, 4.69) is 40.7 Å². The van der Waals surface area contributed by atoms with Gasteiger partial charge in [0.15, 0.2) is 6.61 Å². The van der Waals surface area contributed by atoms with Crippen LogP contribution in [-0.2, 0) is 22.4 Å². The zero-order valence-electron chi connectivity index (χ0n) is 29.0. The third kappa shape index (κ3) is 5.66. The van der Waals surface area contributed by atoms with Gasteiger partial charge in [-0.2, -0.15) is 0 Å². The van der Waals surface area contributed by atoms with Gasteiger partial charge in [-0.15, -0.1) is 0 Å². The zero-order valence-corrected chi connectivity index (χ0v) is 29.0. The molecule has 0 spiro atoms. The normalized spacial score (nSPS) is 34.0. The average Bonchev–Trinajstić information content (AvgIpc) is 3.65. The number of rotatable bonds is 9. The summed E-state index contributed by atoms with van der Waals surface area (Å²) >= 11 is 0. The van der Waals surface area contributed by atoms with Crippen LogP contribution >= 0.6 is 0 Å². The number of hydrogen-bond acceptors (Lipinski definition) is 5. The fourth-order valence-corrected chi connectivity index (χ4v) is 11.5. The predicted molar refractivity (Wildman–Crippen MR) is 183 cm³/mol. The van der Waals surface area contributed by atoms with Gasteiger partial charge in [0.25, 0.3) is 0 Å². The van der Waals surface area contributed by atoms with Crippen molar-refractivity contribution in [1.29, 1.82) is 0 Å². The molecule has 0 bridgehead atoms. The van der Waals surface area contributed by atoms with Crippen LogP contribution in [0.15, 0.2) is 39.1 Å². The fourth-order valence-electron chi connectivity index (χ4n) is 11.5. The fraction of sp³-hybridized carbons (Fsp3) is 0.707. The lowest BCUT2D eigenvalue weighted by molar-refractivity contribution is -0.153. The standard InChI is InChI=1S/C41H56O5/c1-25(2)8-6-9-26(3)34-16-17-35-33-14-12-27-22-29(18-20-40(27,4)36(33)19-21-41(34,35)5)45-38(42)24-44-28-13-15-31-30-10-7-11-32(30)39(43)46-37(31)23-28/h12-13,15,23,25-26,29,33-36H,6-11,14,16-22,24H2,1-5H3/t26-,29+,33?,34-,35?,36?,40+,41-/m1/s1. The van der Waals surface area contributed by atoms with Crippen LogP contribution in [0.5, 0.6) is 5.75 Å². The number of aryl methyl sites for hydroxylation is 1. The van der Waals surface area contributed by atoms with Gasteiger partial charge in [0, 0.05) is 23.4 Å². The van der Waals surface area contributed by atoms with Crippen LogP contribution in [0.4, 0.5) is 0 Å². The minimum absolute atomic E-state index is 0.0828. The van der Waals surface area contributed by atoms with Gasteiger partial charge in [-0.1, -0.05) is 65.5 Å². The van der Waals surface area contributed by atoms with E-state index in [0.717, 1.165) is 90.5 Å². The summed E-state index contributed by atoms with van der Waals surface area (Å²) in [6.07, 6.45) is 19.0. The van der Waals surface area contributed by atoms with Crippen LogP contribution in [-0.4, -0.2) is 18.7 Å². The Morgan fingerprint density at radius 3 is 2.65 bits per heavy atom. The van der Waals surface area contributed by atoms with Crippen molar-refractivity contribution in [2.75, 3.05) is 6.61 Å². The first kappa shape index (κ1) is 32.0. The lowest BCUT2D eigenvalue weighted by Crippen LogP contribution is -2.51. The molecule has 0 aliphatic heterocycles. The molecule has 5 heteroatoms. The maximum Gasteiger partial charge on any atom is 0.344 e. The van der Waals surface area contributed by atoms with Gasteiger partial charge < -0.3 is 13.9 Å². The Balaban J connectivity index is 0.954. The highest BCUT2D eigenvalue weighted by Crippen LogP contribution is 2.67. The number of carbonyl (C=O) groups excluding carboxylic acids is 1. The molecular weight excluding hydrogens is 572 g/mol. The highest BCUT2D eigenvalue weighted by atomic mass is 16.6. The second-order valence-corrected chi connectivity index (χ2v) is 16.8. The molecule has 0 saturated heterocycles. The highest BCUT2D eigenvalue weighted by molar-refractivity contribution is 5.83. The average molecular weight is 629 g/mol. The maximum absolute atomic E-state index is 12.9. The third-order valence-corrected chi connectivity index (χ3v) is 13.9. The van der Waals surface area contributed by atoms with Crippen LogP contribution < -0.4 is 10.4 Å². The van der Waals surface area contributed by atoms with Crippen LogP contribution in [0.3, 0.4) is 0 Å². The topological polar surface area (TPSA) is 65.7 Å². The zero-order chi connectivity index (χ0) is 32.2. The first-order valence-corrected chi connectivity index (χ1v) is 18.7. The number of fused-ring (bicyclic) bond motifs is 8. The van der Waals surface area contributed by atoms with Crippen LogP contribution in [0.2, 0.25) is 0 Å². The van der Waals surface area contributed by atoms with E-state index in [9.17, 15) is 9.59 Å². The molecule has 1 aromatic carbocycles. The Bertz CT molecular complexity index is 1550. The molecule has 5 nitrogen and oxygen atoms in total. The monoisotopic (exact) mass is 628 g/mol. The Hall–Kier alpha value is -2.56. The van der Waals surface area contributed by atoms with E-state index in [-0.39, 0.29) is 29.7 Å². The minimum Gasteiger partial charge on any atom is -0.482 e. The number of benzene rings is 1. The van der Waals surface area contributed by atoms with E-state index < -0.39 is 0 Å². The first-order chi connectivity index (χ1) is 22.1. The first-order valence-electron chi connectivity index (χ1n) is 18.7. The molecule has 0 N–H and O–H groups in total. The quantitative estimate of drug-likeness (QED) is 0.157. The lowest BCUT2D eigenvalue weighted by Gasteiger charge is -2.58. The Kier molecular flexibility index (Phi) is 8.68. The SMILES string of the molecule is CC(C)CCC[C@@H](C)[C@H]1CCC2C3CC=C4C[C@@H](OC(=O)COc5ccc6c7c(c(=O)oc6c5)CCC7)CC[C@]4(C)C3CC[C@@]21C. The van der Waals surface area contributed by atoms with Crippen molar-refractivity contribution in [1.82, 2.24) is 0 Å². The van der Waals surface area contributed by atoms with Crippen molar-refractivity contribution in [3.8, 4) is 5.75 Å². The number of ether oxygens (including phenoxy) is 2. The number of allylic oxidation sites excluding steroid dienone is 1. The van der Waals surface area contributed by atoms with E-state index in [0.29, 0.717) is 16.7 Å². The molecular formula is C41H56O5. The Morgan fingerprint density at radius 1 is 1.00 bits per heavy atom. The molecule has 46 heavy (non-hydrogen) atoms. The molecule has 3 unspecified atom stereocenters. The molecule has 250 valence electrons. The maximum atomic E-state index is 12.9. The van der Waals surface area contributed by atoms with Crippen molar-refractivity contribution in [2.45, 2.75) is 131 Å². The van der Waals surface area contributed by atoms with Gasteiger partial charge in [-0.25, -0.2) is 9.59 Å². The van der Waals surface area contributed by atoms with Crippen molar-refractivity contribution in [3.05, 3.63) is 51.4 Å².